The van der Waals surface area contributed by atoms with Crippen LogP contribution in [0.2, 0.25) is 0 Å². The fourth-order valence-electron chi connectivity index (χ4n) is 1.87. The van der Waals surface area contributed by atoms with Crippen LogP contribution in [0.1, 0.15) is 18.1 Å². The number of ether oxygens (including phenoxy) is 2. The van der Waals surface area contributed by atoms with Gasteiger partial charge in [-0.3, -0.25) is 0 Å². The zero-order chi connectivity index (χ0) is 14.4. The number of hydrogen-bond acceptors (Lipinski definition) is 5. The number of methoxy groups -OCH3 is 2. The van der Waals surface area contributed by atoms with Gasteiger partial charge in [0.25, 0.3) is 0 Å². The summed E-state index contributed by atoms with van der Waals surface area (Å²) in [6.45, 7) is 0.824. The van der Waals surface area contributed by atoms with E-state index in [-0.39, 0.29) is 6.04 Å². The maximum absolute atomic E-state index is 10.4. The Kier molecular flexibility index (Phi) is 6.08. The molecule has 2 atom stereocenters. The molecule has 0 aromatic heterocycles. The van der Waals surface area contributed by atoms with Crippen molar-refractivity contribution in [3.05, 3.63) is 23.8 Å². The van der Waals surface area contributed by atoms with Gasteiger partial charge in [0.1, 0.15) is 11.5 Å². The number of rotatable bonds is 7. The van der Waals surface area contributed by atoms with Crippen molar-refractivity contribution < 1.29 is 14.6 Å². The van der Waals surface area contributed by atoms with E-state index in [4.69, 9.17) is 15.2 Å². The molecule has 0 saturated heterocycles. The lowest BCUT2D eigenvalue weighted by Gasteiger charge is -2.23. The molecule has 5 heteroatoms. The second-order valence-electron chi connectivity index (χ2n) is 4.81. The first-order chi connectivity index (χ1) is 8.99. The minimum absolute atomic E-state index is 0.344. The van der Waals surface area contributed by atoms with Crippen LogP contribution in [0.25, 0.3) is 0 Å². The van der Waals surface area contributed by atoms with Crippen LogP contribution in [0.4, 0.5) is 0 Å². The fraction of sp³-hybridized carbons (Fsp3) is 0.571. The van der Waals surface area contributed by atoms with Crippen LogP contribution < -0.4 is 15.2 Å². The molecule has 0 aliphatic rings. The van der Waals surface area contributed by atoms with E-state index in [0.29, 0.717) is 23.5 Å². The first-order valence-electron chi connectivity index (χ1n) is 6.30. The Morgan fingerprint density at radius 3 is 2.47 bits per heavy atom. The lowest BCUT2D eigenvalue weighted by Crippen LogP contribution is -2.32. The summed E-state index contributed by atoms with van der Waals surface area (Å²) in [6, 6.07) is 4.98. The van der Waals surface area contributed by atoms with Crippen LogP contribution in [0.15, 0.2) is 18.2 Å². The monoisotopic (exact) mass is 268 g/mol. The van der Waals surface area contributed by atoms with Gasteiger partial charge >= 0.3 is 0 Å². The molecule has 2 unspecified atom stereocenters. The number of nitrogens with zero attached hydrogens (tertiary/aromatic N) is 1. The van der Waals surface area contributed by atoms with Crippen molar-refractivity contribution >= 4 is 0 Å². The lowest BCUT2D eigenvalue weighted by molar-refractivity contribution is 0.134. The smallest absolute Gasteiger partial charge is 0.124 e. The van der Waals surface area contributed by atoms with E-state index in [1.54, 1.807) is 32.4 Å². The molecule has 0 amide bonds. The quantitative estimate of drug-likeness (QED) is 0.772. The molecule has 0 aliphatic carbocycles. The second-order valence-corrected chi connectivity index (χ2v) is 4.81. The van der Waals surface area contributed by atoms with Gasteiger partial charge in [0.05, 0.1) is 20.3 Å². The van der Waals surface area contributed by atoms with E-state index in [2.05, 4.69) is 0 Å². The first-order valence-corrected chi connectivity index (χ1v) is 6.30. The molecule has 108 valence electrons. The zero-order valence-electron chi connectivity index (χ0n) is 12.1. The summed E-state index contributed by atoms with van der Waals surface area (Å²) in [4.78, 5) is 2.04. The average Bonchev–Trinajstić information content (AvgIpc) is 2.42. The van der Waals surface area contributed by atoms with Gasteiger partial charge in [0, 0.05) is 11.6 Å². The third-order valence-electron chi connectivity index (χ3n) is 3.07. The van der Waals surface area contributed by atoms with Crippen LogP contribution >= 0.6 is 0 Å². The van der Waals surface area contributed by atoms with Crippen LogP contribution in [0.5, 0.6) is 11.5 Å². The highest BCUT2D eigenvalue weighted by Gasteiger charge is 2.21. The summed E-state index contributed by atoms with van der Waals surface area (Å²) in [5, 5.41) is 10.4. The van der Waals surface area contributed by atoms with Gasteiger partial charge in [-0.15, -0.1) is 0 Å². The normalized spacial score (nSPS) is 14.3. The number of benzene rings is 1. The Morgan fingerprint density at radius 2 is 1.95 bits per heavy atom. The summed E-state index contributed by atoms with van der Waals surface area (Å²) in [5.41, 5.74) is 6.70. The van der Waals surface area contributed by atoms with Crippen molar-refractivity contribution in [3.8, 4) is 11.5 Å². The molecule has 1 rings (SSSR count). The molecule has 5 nitrogen and oxygen atoms in total. The van der Waals surface area contributed by atoms with E-state index >= 15 is 0 Å². The van der Waals surface area contributed by atoms with Gasteiger partial charge in [-0.2, -0.15) is 0 Å². The predicted octanol–water partition coefficient (Wildman–Crippen LogP) is 1.02. The summed E-state index contributed by atoms with van der Waals surface area (Å²) in [5.74, 6) is 1.29. The Bertz CT molecular complexity index is 396. The summed E-state index contributed by atoms with van der Waals surface area (Å²) >= 11 is 0. The molecule has 1 aromatic carbocycles. The van der Waals surface area contributed by atoms with Crippen LogP contribution in [0, 0.1) is 0 Å². The van der Waals surface area contributed by atoms with E-state index in [0.717, 1.165) is 6.54 Å². The summed E-state index contributed by atoms with van der Waals surface area (Å²) in [7, 11) is 7.11. The second kappa shape index (κ2) is 7.33. The van der Waals surface area contributed by atoms with Crippen LogP contribution in [-0.2, 0) is 0 Å². The SMILES string of the molecule is COc1ccc(OC)c(C(O)C(N)CCN(C)C)c1. The Balaban J connectivity index is 2.87. The van der Waals surface area contributed by atoms with Gasteiger partial charge < -0.3 is 25.2 Å². The fourth-order valence-corrected chi connectivity index (χ4v) is 1.87. The third kappa shape index (κ3) is 4.38. The van der Waals surface area contributed by atoms with E-state index in [9.17, 15) is 5.11 Å². The first kappa shape index (κ1) is 15.8. The molecule has 0 heterocycles. The molecule has 0 radical (unpaired) electrons. The molecule has 0 saturated carbocycles. The van der Waals surface area contributed by atoms with Crippen LogP contribution in [-0.4, -0.2) is 50.9 Å². The van der Waals surface area contributed by atoms with Gasteiger partial charge in [-0.05, 0) is 45.3 Å². The predicted molar refractivity (Wildman–Crippen MR) is 75.7 cm³/mol. The van der Waals surface area contributed by atoms with E-state index < -0.39 is 6.10 Å². The van der Waals surface area contributed by atoms with E-state index in [1.165, 1.54) is 0 Å². The highest BCUT2D eigenvalue weighted by molar-refractivity contribution is 5.42. The molecule has 0 spiro atoms. The van der Waals surface area contributed by atoms with Crippen molar-refractivity contribution in [1.29, 1.82) is 0 Å². The van der Waals surface area contributed by atoms with Gasteiger partial charge in [-0.1, -0.05) is 0 Å². The molecule has 0 aliphatic heterocycles. The third-order valence-corrected chi connectivity index (χ3v) is 3.07. The maximum Gasteiger partial charge on any atom is 0.124 e. The molecule has 0 bridgehead atoms. The van der Waals surface area contributed by atoms with Crippen molar-refractivity contribution in [3.63, 3.8) is 0 Å². The number of aliphatic hydroxyl groups excluding tert-OH is 1. The van der Waals surface area contributed by atoms with E-state index in [1.807, 2.05) is 19.0 Å². The minimum Gasteiger partial charge on any atom is -0.497 e. The van der Waals surface area contributed by atoms with Gasteiger partial charge in [0.2, 0.25) is 0 Å². The largest absolute Gasteiger partial charge is 0.497 e. The highest BCUT2D eigenvalue weighted by Crippen LogP contribution is 2.31. The van der Waals surface area contributed by atoms with Gasteiger partial charge in [0.15, 0.2) is 0 Å². The van der Waals surface area contributed by atoms with Crippen molar-refractivity contribution in [2.45, 2.75) is 18.6 Å². The van der Waals surface area contributed by atoms with Crippen molar-refractivity contribution in [2.24, 2.45) is 5.73 Å². The summed E-state index contributed by atoms with van der Waals surface area (Å²) < 4.78 is 10.4. The Morgan fingerprint density at radius 1 is 1.26 bits per heavy atom. The number of aliphatic hydroxyl groups is 1. The zero-order valence-corrected chi connectivity index (χ0v) is 12.1. The summed E-state index contributed by atoms with van der Waals surface area (Å²) in [6.07, 6.45) is -0.0702. The molecular formula is C14H24N2O3. The molecule has 0 fully saturated rings. The molecule has 3 N–H and O–H groups in total. The Hall–Kier alpha value is -1.30. The van der Waals surface area contributed by atoms with Crippen LogP contribution in [0.3, 0.4) is 0 Å². The van der Waals surface area contributed by atoms with Crippen molar-refractivity contribution in [2.75, 3.05) is 34.9 Å². The Labute approximate surface area is 114 Å². The minimum atomic E-state index is -0.773. The topological polar surface area (TPSA) is 67.9 Å². The average molecular weight is 268 g/mol. The number of hydrogen-bond donors (Lipinski definition) is 2. The highest BCUT2D eigenvalue weighted by atomic mass is 16.5. The van der Waals surface area contributed by atoms with Crippen molar-refractivity contribution in [1.82, 2.24) is 4.90 Å². The number of nitrogens with two attached hydrogens (primary N) is 1. The molecule has 19 heavy (non-hydrogen) atoms. The van der Waals surface area contributed by atoms with Gasteiger partial charge in [-0.25, -0.2) is 0 Å². The maximum atomic E-state index is 10.4. The molecule has 1 aromatic rings. The molecular weight excluding hydrogens is 244 g/mol. The lowest BCUT2D eigenvalue weighted by atomic mass is 9.99. The standard InChI is InChI=1S/C14H24N2O3/c1-16(2)8-7-12(15)14(17)11-9-10(18-3)5-6-13(11)19-4/h5-6,9,12,14,17H,7-8,15H2,1-4H3.